The number of hydrogen-bond donors (Lipinski definition) is 1. The van der Waals surface area contributed by atoms with Crippen LogP contribution in [0, 0.1) is 6.92 Å². The van der Waals surface area contributed by atoms with Crippen LogP contribution in [0.5, 0.6) is 5.75 Å². The van der Waals surface area contributed by atoms with Crippen molar-refractivity contribution in [3.8, 4) is 5.75 Å². The standard InChI is InChI=1S/C21H24ClNO2/c1-15-14-17(22)11-12-20(15)25-13-5-10-21(24)23-19-9-4-7-16-6-2-3-8-18(16)19/h2-3,6,8,11-12,14,19H,4-5,7,9-10,13H2,1H3,(H,23,24)/t19-/m0/s1. The third-order valence-corrected chi connectivity index (χ3v) is 4.88. The molecule has 132 valence electrons. The van der Waals surface area contributed by atoms with Crippen LogP contribution in [0.1, 0.15) is 48.4 Å². The summed E-state index contributed by atoms with van der Waals surface area (Å²) in [5.74, 6) is 0.921. The van der Waals surface area contributed by atoms with E-state index in [4.69, 9.17) is 16.3 Å². The zero-order chi connectivity index (χ0) is 17.6. The number of hydrogen-bond acceptors (Lipinski definition) is 2. The summed E-state index contributed by atoms with van der Waals surface area (Å²) in [5.41, 5.74) is 3.64. The Morgan fingerprint density at radius 2 is 2.12 bits per heavy atom. The van der Waals surface area contributed by atoms with Crippen LogP contribution in [-0.4, -0.2) is 12.5 Å². The second-order valence-electron chi connectivity index (χ2n) is 6.57. The fourth-order valence-corrected chi connectivity index (χ4v) is 3.59. The van der Waals surface area contributed by atoms with Gasteiger partial charge in [-0.05, 0) is 67.5 Å². The molecule has 1 aliphatic carbocycles. The van der Waals surface area contributed by atoms with Gasteiger partial charge in [-0.3, -0.25) is 4.79 Å². The summed E-state index contributed by atoms with van der Waals surface area (Å²) in [6.07, 6.45) is 4.43. The number of ether oxygens (including phenoxy) is 1. The lowest BCUT2D eigenvalue weighted by atomic mass is 9.87. The van der Waals surface area contributed by atoms with Gasteiger partial charge in [0.2, 0.25) is 5.91 Å². The summed E-state index contributed by atoms with van der Waals surface area (Å²) in [4.78, 5) is 12.3. The summed E-state index contributed by atoms with van der Waals surface area (Å²) < 4.78 is 5.75. The fourth-order valence-electron chi connectivity index (χ4n) is 3.36. The fraction of sp³-hybridized carbons (Fsp3) is 0.381. The number of fused-ring (bicyclic) bond motifs is 1. The van der Waals surface area contributed by atoms with Gasteiger partial charge in [0.15, 0.2) is 0 Å². The number of halogens is 1. The molecule has 0 fully saturated rings. The van der Waals surface area contributed by atoms with Crippen LogP contribution >= 0.6 is 11.6 Å². The maximum Gasteiger partial charge on any atom is 0.220 e. The van der Waals surface area contributed by atoms with Crippen molar-refractivity contribution in [3.63, 3.8) is 0 Å². The molecule has 1 atom stereocenters. The van der Waals surface area contributed by atoms with E-state index in [1.165, 1.54) is 11.1 Å². The van der Waals surface area contributed by atoms with Crippen LogP contribution in [0.15, 0.2) is 42.5 Å². The molecule has 0 bridgehead atoms. The summed E-state index contributed by atoms with van der Waals surface area (Å²) in [6.45, 7) is 2.49. The minimum Gasteiger partial charge on any atom is -0.493 e. The molecule has 1 N–H and O–H groups in total. The van der Waals surface area contributed by atoms with E-state index in [1.807, 2.05) is 31.2 Å². The maximum absolute atomic E-state index is 12.3. The lowest BCUT2D eigenvalue weighted by molar-refractivity contribution is -0.122. The highest BCUT2D eigenvalue weighted by atomic mass is 35.5. The normalized spacial score (nSPS) is 16.2. The lowest BCUT2D eigenvalue weighted by Gasteiger charge is -2.26. The molecule has 2 aromatic carbocycles. The average Bonchev–Trinajstić information content (AvgIpc) is 2.60. The summed E-state index contributed by atoms with van der Waals surface area (Å²) in [7, 11) is 0. The minimum atomic E-state index is 0.0955. The summed E-state index contributed by atoms with van der Waals surface area (Å²) in [5, 5.41) is 3.89. The number of nitrogens with one attached hydrogen (secondary N) is 1. The molecule has 0 unspecified atom stereocenters. The topological polar surface area (TPSA) is 38.3 Å². The van der Waals surface area contributed by atoms with Gasteiger partial charge in [0.25, 0.3) is 0 Å². The zero-order valence-electron chi connectivity index (χ0n) is 14.6. The molecule has 1 amide bonds. The van der Waals surface area contributed by atoms with Gasteiger partial charge < -0.3 is 10.1 Å². The van der Waals surface area contributed by atoms with E-state index in [-0.39, 0.29) is 11.9 Å². The van der Waals surface area contributed by atoms with Crippen molar-refractivity contribution < 1.29 is 9.53 Å². The van der Waals surface area contributed by atoms with Crippen molar-refractivity contribution in [1.29, 1.82) is 0 Å². The van der Waals surface area contributed by atoms with Gasteiger partial charge >= 0.3 is 0 Å². The van der Waals surface area contributed by atoms with Crippen molar-refractivity contribution in [2.24, 2.45) is 0 Å². The molecule has 2 aromatic rings. The van der Waals surface area contributed by atoms with E-state index in [9.17, 15) is 4.79 Å². The molecule has 0 aliphatic heterocycles. The predicted octanol–water partition coefficient (Wildman–Crippen LogP) is 5.00. The van der Waals surface area contributed by atoms with Crippen molar-refractivity contribution in [2.45, 2.75) is 45.1 Å². The Morgan fingerprint density at radius 3 is 2.96 bits per heavy atom. The first-order valence-corrected chi connectivity index (χ1v) is 9.27. The number of carbonyl (C=O) groups excluding carboxylic acids is 1. The largest absolute Gasteiger partial charge is 0.493 e. The molecule has 0 spiro atoms. The predicted molar refractivity (Wildman–Crippen MR) is 101 cm³/mol. The summed E-state index contributed by atoms with van der Waals surface area (Å²) >= 11 is 5.94. The van der Waals surface area contributed by atoms with Gasteiger partial charge in [0.1, 0.15) is 5.75 Å². The van der Waals surface area contributed by atoms with E-state index in [0.717, 1.165) is 30.6 Å². The molecule has 0 radical (unpaired) electrons. The van der Waals surface area contributed by atoms with Crippen LogP contribution in [-0.2, 0) is 11.2 Å². The highest BCUT2D eigenvalue weighted by molar-refractivity contribution is 6.30. The third-order valence-electron chi connectivity index (χ3n) is 4.65. The van der Waals surface area contributed by atoms with Gasteiger partial charge in [-0.25, -0.2) is 0 Å². The number of aryl methyl sites for hydroxylation is 2. The minimum absolute atomic E-state index is 0.0955. The molecule has 25 heavy (non-hydrogen) atoms. The second-order valence-corrected chi connectivity index (χ2v) is 7.01. The van der Waals surface area contributed by atoms with Gasteiger partial charge in [-0.2, -0.15) is 0 Å². The number of amides is 1. The SMILES string of the molecule is Cc1cc(Cl)ccc1OCCCC(=O)N[C@H]1CCCc2ccccc21. The molecule has 0 aromatic heterocycles. The van der Waals surface area contributed by atoms with E-state index < -0.39 is 0 Å². The van der Waals surface area contributed by atoms with E-state index in [0.29, 0.717) is 24.5 Å². The molecule has 0 saturated carbocycles. The Kier molecular flexibility index (Phi) is 5.98. The first-order valence-electron chi connectivity index (χ1n) is 8.89. The van der Waals surface area contributed by atoms with Gasteiger partial charge in [-0.1, -0.05) is 35.9 Å². The molecule has 3 nitrogen and oxygen atoms in total. The molecule has 3 rings (SSSR count). The first-order chi connectivity index (χ1) is 12.1. The number of rotatable bonds is 6. The molecule has 0 heterocycles. The molecular weight excluding hydrogens is 334 g/mol. The second kappa shape index (κ2) is 8.39. The van der Waals surface area contributed by atoms with Crippen LogP contribution in [0.2, 0.25) is 5.02 Å². The Morgan fingerprint density at radius 1 is 1.28 bits per heavy atom. The van der Waals surface area contributed by atoms with Crippen LogP contribution in [0.25, 0.3) is 0 Å². The lowest BCUT2D eigenvalue weighted by Crippen LogP contribution is -2.31. The van der Waals surface area contributed by atoms with Crippen molar-refractivity contribution in [3.05, 3.63) is 64.2 Å². The van der Waals surface area contributed by atoms with Crippen molar-refractivity contribution in [2.75, 3.05) is 6.61 Å². The first kappa shape index (κ1) is 17.8. The van der Waals surface area contributed by atoms with Crippen molar-refractivity contribution >= 4 is 17.5 Å². The monoisotopic (exact) mass is 357 g/mol. The smallest absolute Gasteiger partial charge is 0.220 e. The third kappa shape index (κ3) is 4.76. The van der Waals surface area contributed by atoms with Crippen LogP contribution in [0.4, 0.5) is 0 Å². The van der Waals surface area contributed by atoms with Gasteiger partial charge in [0, 0.05) is 11.4 Å². The van der Waals surface area contributed by atoms with E-state index in [2.05, 4.69) is 23.5 Å². The quantitative estimate of drug-likeness (QED) is 0.739. The Bertz CT molecular complexity index is 744. The molecular formula is C21H24ClNO2. The van der Waals surface area contributed by atoms with Crippen LogP contribution in [0.3, 0.4) is 0 Å². The Balaban J connectivity index is 1.44. The molecule has 1 aliphatic rings. The highest BCUT2D eigenvalue weighted by Gasteiger charge is 2.20. The number of benzene rings is 2. The van der Waals surface area contributed by atoms with Gasteiger partial charge in [-0.15, -0.1) is 0 Å². The summed E-state index contributed by atoms with van der Waals surface area (Å²) in [6, 6.07) is 14.1. The van der Waals surface area contributed by atoms with Crippen molar-refractivity contribution in [1.82, 2.24) is 5.32 Å². The maximum atomic E-state index is 12.3. The average molecular weight is 358 g/mol. The van der Waals surface area contributed by atoms with Crippen LogP contribution < -0.4 is 10.1 Å². The zero-order valence-corrected chi connectivity index (χ0v) is 15.3. The van der Waals surface area contributed by atoms with E-state index in [1.54, 1.807) is 0 Å². The highest BCUT2D eigenvalue weighted by Crippen LogP contribution is 2.29. The van der Waals surface area contributed by atoms with E-state index >= 15 is 0 Å². The van der Waals surface area contributed by atoms with Gasteiger partial charge in [0.05, 0.1) is 12.6 Å². The molecule has 4 heteroatoms. The Labute approximate surface area is 154 Å². The molecule has 0 saturated heterocycles. The number of carbonyl (C=O) groups is 1. The Hall–Kier alpha value is -2.00.